The fraction of sp³-hybridized carbons (Fsp3) is 0.379. The van der Waals surface area contributed by atoms with Gasteiger partial charge in [0.05, 0.1) is 11.3 Å². The molecule has 1 saturated carbocycles. The first-order valence-electron chi connectivity index (χ1n) is 11.8. The van der Waals surface area contributed by atoms with E-state index in [1.807, 2.05) is 24.3 Å². The van der Waals surface area contributed by atoms with E-state index < -0.39 is 0 Å². The zero-order valence-corrected chi connectivity index (χ0v) is 21.8. The van der Waals surface area contributed by atoms with Gasteiger partial charge in [-0.3, -0.25) is 9.78 Å². The number of hydrogen-bond donors (Lipinski definition) is 1. The summed E-state index contributed by atoms with van der Waals surface area (Å²) in [7, 11) is 0. The predicted octanol–water partition coefficient (Wildman–Crippen LogP) is 7.25. The van der Waals surface area contributed by atoms with E-state index in [0.29, 0.717) is 24.0 Å². The molecule has 3 aromatic rings. The second-order valence-corrected chi connectivity index (χ2v) is 9.32. The number of carbonyl (C=O) groups is 1. The number of nitrogens with zero attached hydrogens (tertiary/aromatic N) is 1. The smallest absolute Gasteiger partial charge is 0.162 e. The molecule has 0 spiro atoms. The quantitative estimate of drug-likeness (QED) is 0.315. The Morgan fingerprint density at radius 1 is 1.03 bits per heavy atom. The number of fused-ring (bicyclic) bond motifs is 2. The number of allylic oxidation sites excluding steroid dienone is 2. The molecule has 1 N–H and O–H groups in total. The number of Topliss-reactive ketones (excluding diaryl/α,β-unsaturated/α-hetero) is 1. The molecule has 1 aromatic heterocycles. The molecular weight excluding hydrogens is 587 g/mol. The molecule has 5 rings (SSSR count). The summed E-state index contributed by atoms with van der Waals surface area (Å²) < 4.78 is 0. The Kier molecular flexibility index (Phi) is 9.00. The average Bonchev–Trinajstić information content (AvgIpc) is 2.80. The van der Waals surface area contributed by atoms with Crippen LogP contribution >= 0.6 is 0 Å². The zero-order valence-electron chi connectivity index (χ0n) is 19.4. The van der Waals surface area contributed by atoms with Gasteiger partial charge in [-0.1, -0.05) is 38.1 Å². The van der Waals surface area contributed by atoms with Crippen molar-refractivity contribution in [3.05, 3.63) is 77.6 Å². The molecule has 1 unspecified atom stereocenters. The number of aliphatic hydroxyl groups excluding tert-OH is 1. The van der Waals surface area contributed by atoms with Crippen molar-refractivity contribution < 1.29 is 30.0 Å². The van der Waals surface area contributed by atoms with Crippen molar-refractivity contribution >= 4 is 16.7 Å². The first-order chi connectivity index (χ1) is 15.5. The van der Waals surface area contributed by atoms with Gasteiger partial charge in [0.1, 0.15) is 0 Å². The Labute approximate surface area is 210 Å². The Morgan fingerprint density at radius 2 is 1.82 bits per heavy atom. The summed E-state index contributed by atoms with van der Waals surface area (Å²) >= 11 is 0. The molecule has 1 radical (unpaired) electrons. The SMILES string of the molecule is CC(C)Cc1cccc2nc(-c3[c-]cccc3)ccc12.O=C1CCCC2CCCC(O)=C12.[Ir]. The van der Waals surface area contributed by atoms with Crippen LogP contribution in [0.2, 0.25) is 0 Å². The van der Waals surface area contributed by atoms with Gasteiger partial charge in [-0.05, 0) is 61.3 Å². The van der Waals surface area contributed by atoms with Crippen molar-refractivity contribution in [2.24, 2.45) is 11.8 Å². The van der Waals surface area contributed by atoms with Gasteiger partial charge in [-0.25, -0.2) is 0 Å². The molecule has 4 heteroatoms. The average molecular weight is 619 g/mol. The van der Waals surface area contributed by atoms with E-state index in [9.17, 15) is 9.90 Å². The van der Waals surface area contributed by atoms with Crippen LogP contribution < -0.4 is 0 Å². The number of aliphatic hydroxyl groups is 1. The maximum atomic E-state index is 11.4. The third-order valence-electron chi connectivity index (χ3n) is 6.38. The fourth-order valence-corrected chi connectivity index (χ4v) is 4.89. The minimum atomic E-state index is 0. The van der Waals surface area contributed by atoms with Crippen molar-refractivity contribution in [1.29, 1.82) is 0 Å². The van der Waals surface area contributed by atoms with Crippen molar-refractivity contribution in [3.63, 3.8) is 0 Å². The van der Waals surface area contributed by atoms with Crippen LogP contribution in [-0.2, 0) is 31.3 Å². The van der Waals surface area contributed by atoms with E-state index in [-0.39, 0.29) is 25.9 Å². The molecule has 175 valence electrons. The van der Waals surface area contributed by atoms with Crippen LogP contribution in [0.1, 0.15) is 57.9 Å². The maximum absolute atomic E-state index is 11.4. The van der Waals surface area contributed by atoms with E-state index in [2.05, 4.69) is 50.2 Å². The molecule has 1 atom stereocenters. The minimum absolute atomic E-state index is 0. The van der Waals surface area contributed by atoms with E-state index in [4.69, 9.17) is 4.98 Å². The van der Waals surface area contributed by atoms with Gasteiger partial charge >= 0.3 is 0 Å². The summed E-state index contributed by atoms with van der Waals surface area (Å²) in [5, 5.41) is 10.8. The van der Waals surface area contributed by atoms with Crippen molar-refractivity contribution in [1.82, 2.24) is 4.98 Å². The molecule has 0 saturated heterocycles. The Bertz CT molecular complexity index is 1120. The van der Waals surface area contributed by atoms with Crippen LogP contribution in [0.3, 0.4) is 0 Å². The van der Waals surface area contributed by atoms with Crippen LogP contribution in [0.5, 0.6) is 0 Å². The molecule has 1 heterocycles. The number of aromatic nitrogens is 1. The van der Waals surface area contributed by atoms with Gasteiger partial charge in [-0.2, -0.15) is 0 Å². The zero-order chi connectivity index (χ0) is 22.5. The first-order valence-corrected chi connectivity index (χ1v) is 11.8. The van der Waals surface area contributed by atoms with Crippen molar-refractivity contribution in [2.45, 2.75) is 58.8 Å². The van der Waals surface area contributed by atoms with E-state index in [0.717, 1.165) is 60.9 Å². The molecule has 2 aromatic carbocycles. The van der Waals surface area contributed by atoms with Crippen LogP contribution in [0.25, 0.3) is 22.2 Å². The summed E-state index contributed by atoms with van der Waals surface area (Å²) in [5.74, 6) is 1.63. The Hall–Kier alpha value is -2.29. The number of carbonyl (C=O) groups excluding carboxylic acids is 1. The summed E-state index contributed by atoms with van der Waals surface area (Å²) in [4.78, 5) is 16.2. The largest absolute Gasteiger partial charge is 0.512 e. The number of rotatable bonds is 3. The first kappa shape index (κ1) is 25.3. The van der Waals surface area contributed by atoms with Crippen molar-refractivity contribution in [3.8, 4) is 11.3 Å². The van der Waals surface area contributed by atoms with Crippen LogP contribution in [0.15, 0.2) is 65.9 Å². The van der Waals surface area contributed by atoms with Crippen LogP contribution in [-0.4, -0.2) is 15.9 Å². The molecule has 1 fully saturated rings. The Balaban J connectivity index is 0.000000202. The summed E-state index contributed by atoms with van der Waals surface area (Å²) in [6.45, 7) is 4.50. The summed E-state index contributed by atoms with van der Waals surface area (Å²) in [5.41, 5.74) is 5.25. The molecule has 2 aliphatic rings. The van der Waals surface area contributed by atoms with Crippen molar-refractivity contribution in [2.75, 3.05) is 0 Å². The fourth-order valence-electron chi connectivity index (χ4n) is 4.89. The summed E-state index contributed by atoms with van der Waals surface area (Å²) in [6, 6.07) is 21.9. The van der Waals surface area contributed by atoms with E-state index in [1.54, 1.807) is 0 Å². The van der Waals surface area contributed by atoms with Gasteiger partial charge in [0.15, 0.2) is 5.78 Å². The van der Waals surface area contributed by atoms with E-state index >= 15 is 0 Å². The second kappa shape index (κ2) is 11.7. The molecule has 3 nitrogen and oxygen atoms in total. The number of pyridine rings is 1. The molecule has 0 aliphatic heterocycles. The van der Waals surface area contributed by atoms with E-state index in [1.165, 1.54) is 10.9 Å². The normalized spacial score (nSPS) is 17.8. The second-order valence-electron chi connectivity index (χ2n) is 9.32. The topological polar surface area (TPSA) is 50.2 Å². The monoisotopic (exact) mass is 619 g/mol. The molecule has 2 aliphatic carbocycles. The molecular formula is C29H32IrNO2-. The number of benzene rings is 2. The third-order valence-corrected chi connectivity index (χ3v) is 6.38. The van der Waals surface area contributed by atoms with Gasteiger partial charge in [0.2, 0.25) is 0 Å². The van der Waals surface area contributed by atoms with Gasteiger partial charge < -0.3 is 5.11 Å². The van der Waals surface area contributed by atoms with Crippen LogP contribution in [0, 0.1) is 17.9 Å². The molecule has 33 heavy (non-hydrogen) atoms. The molecule has 0 bridgehead atoms. The Morgan fingerprint density at radius 3 is 2.52 bits per heavy atom. The predicted molar refractivity (Wildman–Crippen MR) is 130 cm³/mol. The number of hydrogen-bond acceptors (Lipinski definition) is 3. The summed E-state index contributed by atoms with van der Waals surface area (Å²) in [6.07, 6.45) is 6.73. The van der Waals surface area contributed by atoms with Gasteiger partial charge in [0.25, 0.3) is 0 Å². The van der Waals surface area contributed by atoms with Gasteiger partial charge in [0, 0.05) is 43.9 Å². The van der Waals surface area contributed by atoms with Gasteiger partial charge in [-0.15, -0.1) is 35.9 Å². The minimum Gasteiger partial charge on any atom is -0.512 e. The number of ketones is 1. The van der Waals surface area contributed by atoms with Crippen LogP contribution in [0.4, 0.5) is 0 Å². The standard InChI is InChI=1S/C19H18N.C10H14O2.Ir/c1-14(2)13-16-9-6-10-19-17(16)11-12-18(20-19)15-7-4-3-5-8-15;11-8-5-1-3-7-4-2-6-9(12)10(7)8;/h3-7,9-12,14H,13H2,1-2H3;7,11H,1-6H2;/q-1;;. The molecule has 0 amide bonds. The third kappa shape index (κ3) is 6.19. The maximum Gasteiger partial charge on any atom is 0.162 e.